The Balaban J connectivity index is 1.61. The Hall–Kier alpha value is -2.26. The average molecular weight is 457 g/mol. The molecule has 1 aromatic carbocycles. The minimum absolute atomic E-state index is 0.294. The molecule has 0 amide bonds. The molecule has 0 unspecified atom stereocenters. The first-order valence-corrected chi connectivity index (χ1v) is 12.0. The maximum atomic E-state index is 6.48. The van der Waals surface area contributed by atoms with Gasteiger partial charge in [0.15, 0.2) is 0 Å². The molecule has 174 valence electrons. The Morgan fingerprint density at radius 2 is 1.84 bits per heavy atom. The van der Waals surface area contributed by atoms with E-state index in [0.717, 1.165) is 36.5 Å². The lowest BCUT2D eigenvalue weighted by molar-refractivity contribution is 0.153. The monoisotopic (exact) mass is 456 g/mol. The number of hydrogen-bond acceptors (Lipinski definition) is 8. The fourth-order valence-corrected chi connectivity index (χ4v) is 4.46. The number of nitrogens with one attached hydrogen (secondary N) is 1. The zero-order chi connectivity index (χ0) is 22.9. The van der Waals surface area contributed by atoms with Crippen LogP contribution in [0.5, 0.6) is 5.75 Å². The normalized spacial score (nSPS) is 15.5. The van der Waals surface area contributed by atoms with Crippen LogP contribution in [0, 0.1) is 6.92 Å². The van der Waals surface area contributed by atoms with Crippen molar-refractivity contribution < 1.29 is 4.74 Å². The second-order valence-electron chi connectivity index (χ2n) is 8.31. The molecular weight excluding hydrogens is 420 g/mol. The smallest absolute Gasteiger partial charge is 0.140 e. The van der Waals surface area contributed by atoms with Crippen molar-refractivity contribution in [3.63, 3.8) is 0 Å². The molecule has 3 rings (SSSR count). The SMILES string of the molecule is Cc1nc(/C(N)=C(\CNSN(C)Cc2ccccc2)N(C)N)ccc1OC1CCCCC1. The van der Waals surface area contributed by atoms with Crippen LogP contribution in [0.1, 0.15) is 49.1 Å². The zero-order valence-corrected chi connectivity index (χ0v) is 20.2. The van der Waals surface area contributed by atoms with Gasteiger partial charge in [0, 0.05) is 25.7 Å². The predicted molar refractivity (Wildman–Crippen MR) is 133 cm³/mol. The maximum Gasteiger partial charge on any atom is 0.140 e. The quantitative estimate of drug-likeness (QED) is 0.282. The second-order valence-corrected chi connectivity index (χ2v) is 9.41. The minimum atomic E-state index is 0.294. The number of nitrogens with two attached hydrogens (primary N) is 2. The number of aromatic nitrogens is 1. The Morgan fingerprint density at radius 3 is 2.50 bits per heavy atom. The molecule has 1 aliphatic carbocycles. The molecule has 1 aromatic heterocycles. The van der Waals surface area contributed by atoms with Crippen LogP contribution in [0.25, 0.3) is 5.70 Å². The van der Waals surface area contributed by atoms with Gasteiger partial charge < -0.3 is 15.5 Å². The summed E-state index contributed by atoms with van der Waals surface area (Å²) in [4.78, 5) is 4.71. The molecule has 1 fully saturated rings. The van der Waals surface area contributed by atoms with Crippen molar-refractivity contribution in [2.24, 2.45) is 11.6 Å². The molecule has 0 radical (unpaired) electrons. The summed E-state index contributed by atoms with van der Waals surface area (Å²) in [5, 5.41) is 1.55. The van der Waals surface area contributed by atoms with Crippen molar-refractivity contribution in [1.29, 1.82) is 0 Å². The molecule has 2 aromatic rings. The van der Waals surface area contributed by atoms with Crippen LogP contribution in [0.4, 0.5) is 0 Å². The van der Waals surface area contributed by atoms with Crippen molar-refractivity contribution in [2.45, 2.75) is 51.7 Å². The molecule has 8 heteroatoms. The number of pyridine rings is 1. The third-order valence-corrected chi connectivity index (χ3v) is 6.32. The van der Waals surface area contributed by atoms with E-state index in [-0.39, 0.29) is 0 Å². The van der Waals surface area contributed by atoms with Gasteiger partial charge in [-0.2, -0.15) is 0 Å². The summed E-state index contributed by atoms with van der Waals surface area (Å²) in [5.74, 6) is 6.93. The van der Waals surface area contributed by atoms with Gasteiger partial charge in [0.05, 0.1) is 35.4 Å². The summed E-state index contributed by atoms with van der Waals surface area (Å²) in [6.45, 7) is 3.30. The number of nitrogens with zero attached hydrogens (tertiary/aromatic N) is 3. The van der Waals surface area contributed by atoms with Crippen LogP contribution < -0.4 is 21.0 Å². The summed E-state index contributed by atoms with van der Waals surface area (Å²) in [5.41, 5.74) is 10.6. The van der Waals surface area contributed by atoms with Gasteiger partial charge in [-0.05, 0) is 57.4 Å². The van der Waals surface area contributed by atoms with Gasteiger partial charge in [0.1, 0.15) is 5.75 Å². The third-order valence-electron chi connectivity index (χ3n) is 5.60. The highest BCUT2D eigenvalue weighted by Gasteiger charge is 2.17. The molecule has 5 N–H and O–H groups in total. The molecular formula is C24H36N6OS. The van der Waals surface area contributed by atoms with E-state index < -0.39 is 0 Å². The summed E-state index contributed by atoms with van der Waals surface area (Å²) in [6.07, 6.45) is 6.32. The first kappa shape index (κ1) is 24.4. The van der Waals surface area contributed by atoms with Gasteiger partial charge in [0.25, 0.3) is 0 Å². The van der Waals surface area contributed by atoms with Crippen molar-refractivity contribution in [2.75, 3.05) is 20.6 Å². The highest BCUT2D eigenvalue weighted by atomic mass is 32.2. The van der Waals surface area contributed by atoms with Crippen LogP contribution in [0.2, 0.25) is 0 Å². The summed E-state index contributed by atoms with van der Waals surface area (Å²) in [6, 6.07) is 14.2. The number of hydrazine groups is 1. The Morgan fingerprint density at radius 1 is 1.12 bits per heavy atom. The van der Waals surface area contributed by atoms with Crippen LogP contribution in [-0.4, -0.2) is 41.0 Å². The van der Waals surface area contributed by atoms with Crippen LogP contribution in [0.3, 0.4) is 0 Å². The largest absolute Gasteiger partial charge is 0.489 e. The van der Waals surface area contributed by atoms with Crippen molar-refractivity contribution in [3.05, 3.63) is 65.1 Å². The Bertz CT molecular complexity index is 883. The van der Waals surface area contributed by atoms with Gasteiger partial charge in [-0.3, -0.25) is 0 Å². The fraction of sp³-hybridized carbons (Fsp3) is 0.458. The van der Waals surface area contributed by atoms with Gasteiger partial charge in [-0.15, -0.1) is 0 Å². The van der Waals surface area contributed by atoms with Gasteiger partial charge >= 0.3 is 0 Å². The third kappa shape index (κ3) is 7.13. The van der Waals surface area contributed by atoms with E-state index in [1.807, 2.05) is 44.3 Å². The fourth-order valence-electron chi connectivity index (χ4n) is 3.83. The lowest BCUT2D eigenvalue weighted by Crippen LogP contribution is -2.33. The molecule has 32 heavy (non-hydrogen) atoms. The second kappa shape index (κ2) is 12.1. The van der Waals surface area contributed by atoms with Gasteiger partial charge in [0.2, 0.25) is 0 Å². The average Bonchev–Trinajstić information content (AvgIpc) is 2.79. The Kier molecular flexibility index (Phi) is 9.23. The highest BCUT2D eigenvalue weighted by Crippen LogP contribution is 2.26. The van der Waals surface area contributed by atoms with Crippen LogP contribution in [0.15, 0.2) is 48.2 Å². The number of likely N-dealkylation sites (N-methyl/N-ethyl adjacent to an activating group) is 1. The number of benzene rings is 1. The summed E-state index contributed by atoms with van der Waals surface area (Å²) >= 11 is 1.53. The predicted octanol–water partition coefficient (Wildman–Crippen LogP) is 3.82. The summed E-state index contributed by atoms with van der Waals surface area (Å²) < 4.78 is 11.7. The van der Waals surface area contributed by atoms with Crippen molar-refractivity contribution in [3.8, 4) is 5.75 Å². The number of rotatable bonds is 10. The first-order chi connectivity index (χ1) is 15.4. The lowest BCUT2D eigenvalue weighted by atomic mass is 9.98. The molecule has 1 saturated carbocycles. The van der Waals surface area contributed by atoms with Crippen LogP contribution >= 0.6 is 12.1 Å². The molecule has 1 aliphatic rings. The standard InChI is InChI=1S/C24H36N6OS/c1-18-23(31-20-12-8-5-9-13-20)15-14-21(28-18)24(25)22(30(3)26)16-27-32-29(2)17-19-10-6-4-7-11-19/h4,6-7,10-11,14-15,20,27H,5,8-9,12-13,16-17,25-26H2,1-3H3/b24-22-. The number of ether oxygens (including phenoxy) is 1. The molecule has 0 atom stereocenters. The topological polar surface area (TPSA) is 92.7 Å². The van der Waals surface area contributed by atoms with E-state index >= 15 is 0 Å². The molecule has 7 nitrogen and oxygen atoms in total. The van der Waals surface area contributed by atoms with E-state index in [9.17, 15) is 0 Å². The maximum absolute atomic E-state index is 6.48. The minimum Gasteiger partial charge on any atom is -0.489 e. The van der Waals surface area contributed by atoms with E-state index in [1.54, 1.807) is 12.1 Å². The van der Waals surface area contributed by atoms with Crippen molar-refractivity contribution in [1.82, 2.24) is 19.0 Å². The van der Waals surface area contributed by atoms with E-state index in [4.69, 9.17) is 21.3 Å². The zero-order valence-electron chi connectivity index (χ0n) is 19.4. The van der Waals surface area contributed by atoms with E-state index in [0.29, 0.717) is 24.0 Å². The highest BCUT2D eigenvalue weighted by molar-refractivity contribution is 7.95. The van der Waals surface area contributed by atoms with Gasteiger partial charge in [-0.1, -0.05) is 36.8 Å². The van der Waals surface area contributed by atoms with E-state index in [2.05, 4.69) is 21.2 Å². The van der Waals surface area contributed by atoms with E-state index in [1.165, 1.54) is 37.0 Å². The first-order valence-electron chi connectivity index (χ1n) is 11.2. The van der Waals surface area contributed by atoms with Gasteiger partial charge in [-0.25, -0.2) is 19.9 Å². The van der Waals surface area contributed by atoms with Crippen LogP contribution in [-0.2, 0) is 6.54 Å². The molecule has 0 saturated heterocycles. The lowest BCUT2D eigenvalue weighted by Gasteiger charge is -2.24. The molecule has 0 aliphatic heterocycles. The molecule has 0 spiro atoms. The number of aryl methyl sites for hydroxylation is 1. The summed E-state index contributed by atoms with van der Waals surface area (Å²) in [7, 11) is 3.83. The number of hydrogen-bond donors (Lipinski definition) is 3. The van der Waals surface area contributed by atoms with Crippen molar-refractivity contribution >= 4 is 17.8 Å². The molecule has 1 heterocycles. The molecule has 0 bridgehead atoms. The Labute approximate surface area is 196 Å².